The Bertz CT molecular complexity index is 447. The highest BCUT2D eigenvalue weighted by Crippen LogP contribution is 2.15. The molecule has 0 saturated carbocycles. The minimum Gasteiger partial charge on any atom is -0.341 e. The molecule has 1 atom stereocenters. The van der Waals surface area contributed by atoms with Gasteiger partial charge in [-0.15, -0.1) is 10.2 Å². The number of carbonyl (C=O) groups is 1. The molecule has 0 spiro atoms. The van der Waals surface area contributed by atoms with E-state index >= 15 is 0 Å². The maximum Gasteiger partial charge on any atom is 0.242 e. The molecule has 0 aliphatic carbocycles. The smallest absolute Gasteiger partial charge is 0.242 e. The van der Waals surface area contributed by atoms with E-state index in [4.69, 9.17) is 5.26 Å². The molecule has 17 heavy (non-hydrogen) atoms. The lowest BCUT2D eigenvalue weighted by Gasteiger charge is -2.31. The van der Waals surface area contributed by atoms with Crippen LogP contribution in [-0.4, -0.2) is 38.7 Å². The minimum absolute atomic E-state index is 0.0350. The van der Waals surface area contributed by atoms with Crippen molar-refractivity contribution in [2.24, 2.45) is 5.92 Å². The normalized spacial score (nSPS) is 20.0. The van der Waals surface area contributed by atoms with E-state index in [0.717, 1.165) is 19.5 Å². The lowest BCUT2D eigenvalue weighted by molar-refractivity contribution is -0.133. The summed E-state index contributed by atoms with van der Waals surface area (Å²) < 4.78 is 1.49. The molecule has 6 heteroatoms. The van der Waals surface area contributed by atoms with Crippen molar-refractivity contribution in [2.45, 2.75) is 26.3 Å². The van der Waals surface area contributed by atoms with Crippen LogP contribution in [0.3, 0.4) is 0 Å². The lowest BCUT2D eigenvalue weighted by Crippen LogP contribution is -2.40. The number of nitrogens with zero attached hydrogens (tertiary/aromatic N) is 5. The Morgan fingerprint density at radius 2 is 2.53 bits per heavy atom. The van der Waals surface area contributed by atoms with Crippen LogP contribution in [0.5, 0.6) is 0 Å². The fourth-order valence-electron chi connectivity index (χ4n) is 2.12. The first-order chi connectivity index (χ1) is 8.20. The predicted octanol–water partition coefficient (Wildman–Crippen LogP) is 0.408. The molecule has 90 valence electrons. The van der Waals surface area contributed by atoms with Gasteiger partial charge in [-0.05, 0) is 18.8 Å². The molecule has 1 amide bonds. The van der Waals surface area contributed by atoms with E-state index in [1.165, 1.54) is 17.3 Å². The van der Waals surface area contributed by atoms with E-state index in [1.807, 2.05) is 11.0 Å². The molecule has 1 aromatic rings. The highest BCUT2D eigenvalue weighted by molar-refractivity contribution is 5.76. The number of aromatic nitrogens is 3. The van der Waals surface area contributed by atoms with Gasteiger partial charge in [-0.25, -0.2) is 0 Å². The van der Waals surface area contributed by atoms with E-state index < -0.39 is 0 Å². The fourth-order valence-corrected chi connectivity index (χ4v) is 2.12. The lowest BCUT2D eigenvalue weighted by atomic mass is 10.0. The first-order valence-corrected chi connectivity index (χ1v) is 5.76. The minimum atomic E-state index is 0.0350. The van der Waals surface area contributed by atoms with Gasteiger partial charge in [0.05, 0.1) is 0 Å². The van der Waals surface area contributed by atoms with Gasteiger partial charge >= 0.3 is 0 Å². The Morgan fingerprint density at radius 1 is 1.71 bits per heavy atom. The Hall–Kier alpha value is -1.90. The van der Waals surface area contributed by atoms with Gasteiger partial charge in [0.1, 0.15) is 18.9 Å². The van der Waals surface area contributed by atoms with Crippen molar-refractivity contribution in [1.82, 2.24) is 19.7 Å². The average molecular weight is 233 g/mol. The summed E-state index contributed by atoms with van der Waals surface area (Å²) in [5.74, 6) is 0.778. The summed E-state index contributed by atoms with van der Waals surface area (Å²) in [6, 6.07) is 1.91. The van der Waals surface area contributed by atoms with E-state index in [0.29, 0.717) is 5.92 Å². The van der Waals surface area contributed by atoms with Crippen LogP contribution in [0, 0.1) is 17.2 Å². The van der Waals surface area contributed by atoms with Crippen molar-refractivity contribution >= 4 is 5.91 Å². The number of amides is 1. The second-order valence-corrected chi connectivity index (χ2v) is 4.48. The third-order valence-electron chi connectivity index (χ3n) is 3.03. The summed E-state index contributed by atoms with van der Waals surface area (Å²) in [5, 5.41) is 16.0. The predicted molar refractivity (Wildman–Crippen MR) is 59.7 cm³/mol. The van der Waals surface area contributed by atoms with Crippen molar-refractivity contribution < 1.29 is 4.79 Å². The van der Waals surface area contributed by atoms with Gasteiger partial charge in [0, 0.05) is 13.1 Å². The molecule has 0 aromatic carbocycles. The van der Waals surface area contributed by atoms with Crippen molar-refractivity contribution in [3.63, 3.8) is 0 Å². The molecule has 1 aromatic heterocycles. The highest BCUT2D eigenvalue weighted by Gasteiger charge is 2.21. The molecule has 6 nitrogen and oxygen atoms in total. The highest BCUT2D eigenvalue weighted by atomic mass is 16.2. The summed E-state index contributed by atoms with van der Waals surface area (Å²) in [4.78, 5) is 13.9. The third kappa shape index (κ3) is 2.61. The van der Waals surface area contributed by atoms with Crippen LogP contribution in [0.1, 0.15) is 25.6 Å². The molecular formula is C11H15N5O. The number of piperidine rings is 1. The Balaban J connectivity index is 1.99. The molecule has 1 aliphatic heterocycles. The molecule has 0 unspecified atom stereocenters. The molecule has 0 bridgehead atoms. The summed E-state index contributed by atoms with van der Waals surface area (Å²) in [6.45, 7) is 3.93. The van der Waals surface area contributed by atoms with Crippen LogP contribution in [0.25, 0.3) is 0 Å². The van der Waals surface area contributed by atoms with Crippen molar-refractivity contribution in [2.75, 3.05) is 13.1 Å². The molecule has 0 radical (unpaired) electrons. The largest absolute Gasteiger partial charge is 0.341 e. The Labute approximate surface area is 99.9 Å². The van der Waals surface area contributed by atoms with Crippen LogP contribution >= 0.6 is 0 Å². The number of hydrogen-bond donors (Lipinski definition) is 0. The van der Waals surface area contributed by atoms with Gasteiger partial charge in [0.2, 0.25) is 11.7 Å². The quantitative estimate of drug-likeness (QED) is 0.741. The number of likely N-dealkylation sites (tertiary alicyclic amines) is 1. The van der Waals surface area contributed by atoms with Crippen molar-refractivity contribution in [1.29, 1.82) is 5.26 Å². The van der Waals surface area contributed by atoms with Crippen LogP contribution in [0.2, 0.25) is 0 Å². The number of rotatable bonds is 2. The van der Waals surface area contributed by atoms with E-state index in [1.54, 1.807) is 0 Å². The van der Waals surface area contributed by atoms with Gasteiger partial charge in [-0.3, -0.25) is 9.36 Å². The van der Waals surface area contributed by atoms with Crippen LogP contribution in [0.4, 0.5) is 0 Å². The maximum atomic E-state index is 12.0. The van der Waals surface area contributed by atoms with Gasteiger partial charge < -0.3 is 4.90 Å². The van der Waals surface area contributed by atoms with E-state index in [9.17, 15) is 4.79 Å². The van der Waals surface area contributed by atoms with Crippen molar-refractivity contribution in [3.05, 3.63) is 12.2 Å². The number of carbonyl (C=O) groups excluding carboxylic acids is 1. The van der Waals surface area contributed by atoms with Gasteiger partial charge in [-0.1, -0.05) is 6.92 Å². The molecule has 2 heterocycles. The Kier molecular flexibility index (Phi) is 3.38. The maximum absolute atomic E-state index is 12.0. The fraction of sp³-hybridized carbons (Fsp3) is 0.636. The van der Waals surface area contributed by atoms with Gasteiger partial charge in [0.25, 0.3) is 0 Å². The first kappa shape index (κ1) is 11.6. The second-order valence-electron chi connectivity index (χ2n) is 4.48. The zero-order valence-electron chi connectivity index (χ0n) is 9.83. The zero-order valence-corrected chi connectivity index (χ0v) is 9.83. The standard InChI is InChI=1S/C11H15N5O/c1-9-3-2-4-15(6-9)11(17)7-16-8-13-14-10(16)5-12/h8-9H,2-4,6-7H2,1H3/t9-/m1/s1. The molecular weight excluding hydrogens is 218 g/mol. The van der Waals surface area contributed by atoms with Crippen LogP contribution < -0.4 is 0 Å². The van der Waals surface area contributed by atoms with Crippen LogP contribution in [-0.2, 0) is 11.3 Å². The Morgan fingerprint density at radius 3 is 3.24 bits per heavy atom. The zero-order chi connectivity index (χ0) is 12.3. The van der Waals surface area contributed by atoms with Crippen LogP contribution in [0.15, 0.2) is 6.33 Å². The summed E-state index contributed by atoms with van der Waals surface area (Å²) in [7, 11) is 0. The summed E-state index contributed by atoms with van der Waals surface area (Å²) in [5.41, 5.74) is 0. The SMILES string of the molecule is C[C@@H]1CCCN(C(=O)Cn2cnnc2C#N)C1. The molecule has 1 saturated heterocycles. The van der Waals surface area contributed by atoms with Gasteiger partial charge in [0.15, 0.2) is 0 Å². The van der Waals surface area contributed by atoms with E-state index in [2.05, 4.69) is 17.1 Å². The summed E-state index contributed by atoms with van der Waals surface area (Å²) >= 11 is 0. The average Bonchev–Trinajstić information content (AvgIpc) is 2.76. The molecule has 1 aliphatic rings. The topological polar surface area (TPSA) is 74.8 Å². The molecule has 2 rings (SSSR count). The first-order valence-electron chi connectivity index (χ1n) is 5.76. The third-order valence-corrected chi connectivity index (χ3v) is 3.03. The number of nitriles is 1. The monoisotopic (exact) mass is 233 g/mol. The van der Waals surface area contributed by atoms with E-state index in [-0.39, 0.29) is 18.3 Å². The van der Waals surface area contributed by atoms with Gasteiger partial charge in [-0.2, -0.15) is 5.26 Å². The molecule has 1 fully saturated rings. The summed E-state index contributed by atoms with van der Waals surface area (Å²) in [6.07, 6.45) is 3.66. The van der Waals surface area contributed by atoms with Crippen molar-refractivity contribution in [3.8, 4) is 6.07 Å². The molecule has 0 N–H and O–H groups in total. The number of hydrogen-bond acceptors (Lipinski definition) is 4. The second kappa shape index (κ2) is 4.95.